The highest BCUT2D eigenvalue weighted by Crippen LogP contribution is 2.15. The predicted molar refractivity (Wildman–Crippen MR) is 261 cm³/mol. The van der Waals surface area contributed by atoms with Crippen molar-refractivity contribution in [2.75, 3.05) is 13.2 Å². The Hall–Kier alpha value is -2.37. The summed E-state index contributed by atoms with van der Waals surface area (Å²) in [5.74, 6) is -0.877. The van der Waals surface area contributed by atoms with Gasteiger partial charge >= 0.3 is 17.9 Å². The van der Waals surface area contributed by atoms with Gasteiger partial charge in [0.25, 0.3) is 0 Å². The number of hydrogen-bond donors (Lipinski definition) is 0. The van der Waals surface area contributed by atoms with Crippen LogP contribution in [0.3, 0.4) is 0 Å². The Morgan fingerprint density at radius 1 is 0.328 bits per heavy atom. The standard InChI is InChI=1S/C55H100O6/c1-4-7-10-13-16-19-22-24-25-26-27-28-29-31-34-36-39-42-45-48-54(57)60-51-52(61-55(58)49-46-43-40-37-32-21-18-15-12-9-6-3)50-59-53(56)47-44-41-38-35-33-30-23-20-17-14-11-8-5-2/h16,19-20,23-25,52H,4-15,17-18,21-22,26-51H2,1-3H3/b19-16-,23-20-,25-24-/t52-/m0/s1. The van der Waals surface area contributed by atoms with E-state index in [4.69, 9.17) is 14.2 Å². The zero-order chi connectivity index (χ0) is 44.4. The van der Waals surface area contributed by atoms with Gasteiger partial charge in [0, 0.05) is 19.3 Å². The van der Waals surface area contributed by atoms with Crippen molar-refractivity contribution in [1.29, 1.82) is 0 Å². The number of hydrogen-bond acceptors (Lipinski definition) is 6. The summed E-state index contributed by atoms with van der Waals surface area (Å²) in [6, 6.07) is 0. The van der Waals surface area contributed by atoms with Crippen molar-refractivity contribution in [2.24, 2.45) is 0 Å². The van der Waals surface area contributed by atoms with Gasteiger partial charge < -0.3 is 14.2 Å². The molecule has 6 nitrogen and oxygen atoms in total. The Morgan fingerprint density at radius 2 is 0.590 bits per heavy atom. The van der Waals surface area contributed by atoms with Crippen molar-refractivity contribution < 1.29 is 28.6 Å². The van der Waals surface area contributed by atoms with Crippen LogP contribution in [0.5, 0.6) is 0 Å². The quantitative estimate of drug-likeness (QED) is 0.0262. The Morgan fingerprint density at radius 3 is 0.967 bits per heavy atom. The largest absolute Gasteiger partial charge is 0.462 e. The molecule has 0 aromatic carbocycles. The first-order chi connectivity index (χ1) is 30.0. The summed E-state index contributed by atoms with van der Waals surface area (Å²) in [5.41, 5.74) is 0. The third kappa shape index (κ3) is 48.5. The average molecular weight is 857 g/mol. The van der Waals surface area contributed by atoms with Gasteiger partial charge in [-0.1, -0.05) is 218 Å². The van der Waals surface area contributed by atoms with Gasteiger partial charge in [-0.2, -0.15) is 0 Å². The molecule has 0 aliphatic carbocycles. The molecule has 0 radical (unpaired) electrons. The molecule has 0 aromatic heterocycles. The lowest BCUT2D eigenvalue weighted by Crippen LogP contribution is -2.30. The number of carbonyl (C=O) groups is 3. The van der Waals surface area contributed by atoms with Gasteiger partial charge in [0.05, 0.1) is 0 Å². The molecule has 61 heavy (non-hydrogen) atoms. The van der Waals surface area contributed by atoms with Crippen molar-refractivity contribution >= 4 is 17.9 Å². The molecule has 0 saturated carbocycles. The molecule has 0 amide bonds. The van der Waals surface area contributed by atoms with Gasteiger partial charge in [0.1, 0.15) is 13.2 Å². The molecule has 0 aliphatic heterocycles. The smallest absolute Gasteiger partial charge is 0.306 e. The molecule has 0 N–H and O–H groups in total. The lowest BCUT2D eigenvalue weighted by molar-refractivity contribution is -0.167. The van der Waals surface area contributed by atoms with Crippen LogP contribution < -0.4 is 0 Å². The fraction of sp³-hybridized carbons (Fsp3) is 0.836. The predicted octanol–water partition coefficient (Wildman–Crippen LogP) is 17.3. The summed E-state index contributed by atoms with van der Waals surface area (Å²) >= 11 is 0. The second-order valence-corrected chi connectivity index (χ2v) is 17.8. The van der Waals surface area contributed by atoms with Crippen molar-refractivity contribution in [3.05, 3.63) is 36.5 Å². The Kier molecular flexibility index (Phi) is 48.3. The van der Waals surface area contributed by atoms with E-state index >= 15 is 0 Å². The molecule has 1 atom stereocenters. The molecule has 0 fully saturated rings. The van der Waals surface area contributed by atoms with Crippen molar-refractivity contribution in [2.45, 2.75) is 284 Å². The molecule has 0 aliphatic rings. The van der Waals surface area contributed by atoms with Crippen LogP contribution in [0.1, 0.15) is 278 Å². The first-order valence-electron chi connectivity index (χ1n) is 26.5. The maximum Gasteiger partial charge on any atom is 0.306 e. The van der Waals surface area contributed by atoms with E-state index in [0.717, 1.165) is 70.6 Å². The lowest BCUT2D eigenvalue weighted by atomic mass is 10.1. The van der Waals surface area contributed by atoms with E-state index < -0.39 is 6.10 Å². The first kappa shape index (κ1) is 58.6. The first-order valence-corrected chi connectivity index (χ1v) is 26.5. The highest BCUT2D eigenvalue weighted by Gasteiger charge is 2.19. The van der Waals surface area contributed by atoms with E-state index in [0.29, 0.717) is 19.3 Å². The average Bonchev–Trinajstić information content (AvgIpc) is 3.26. The zero-order valence-electron chi connectivity index (χ0n) is 40.7. The molecule has 0 rings (SSSR count). The number of esters is 3. The zero-order valence-corrected chi connectivity index (χ0v) is 40.7. The van der Waals surface area contributed by atoms with E-state index in [-0.39, 0.29) is 31.1 Å². The van der Waals surface area contributed by atoms with Gasteiger partial charge in [-0.05, 0) is 77.0 Å². The monoisotopic (exact) mass is 857 g/mol. The van der Waals surface area contributed by atoms with Gasteiger partial charge in [-0.3, -0.25) is 14.4 Å². The van der Waals surface area contributed by atoms with Crippen LogP contribution in [0.15, 0.2) is 36.5 Å². The Balaban J connectivity index is 4.30. The van der Waals surface area contributed by atoms with E-state index in [1.54, 1.807) is 0 Å². The van der Waals surface area contributed by atoms with E-state index in [2.05, 4.69) is 57.2 Å². The number of allylic oxidation sites excluding steroid dienone is 6. The number of rotatable bonds is 48. The molecule has 0 heterocycles. The van der Waals surface area contributed by atoms with E-state index in [1.807, 2.05) is 0 Å². The second-order valence-electron chi connectivity index (χ2n) is 17.8. The molecule has 0 aromatic rings. The Labute approximate surface area is 378 Å². The maximum atomic E-state index is 12.8. The van der Waals surface area contributed by atoms with Crippen molar-refractivity contribution in [3.8, 4) is 0 Å². The minimum Gasteiger partial charge on any atom is -0.462 e. The van der Waals surface area contributed by atoms with Crippen LogP contribution in [-0.2, 0) is 28.6 Å². The Bertz CT molecular complexity index is 1030. The van der Waals surface area contributed by atoms with Crippen LogP contribution in [-0.4, -0.2) is 37.2 Å². The molecule has 0 bridgehead atoms. The van der Waals surface area contributed by atoms with Crippen LogP contribution >= 0.6 is 0 Å². The summed E-state index contributed by atoms with van der Waals surface area (Å²) in [4.78, 5) is 37.9. The molecule has 0 spiro atoms. The topological polar surface area (TPSA) is 78.9 Å². The van der Waals surface area contributed by atoms with Gasteiger partial charge in [-0.25, -0.2) is 0 Å². The third-order valence-electron chi connectivity index (χ3n) is 11.6. The summed E-state index contributed by atoms with van der Waals surface area (Å²) < 4.78 is 16.8. The fourth-order valence-electron chi connectivity index (χ4n) is 7.59. The number of carbonyl (C=O) groups excluding carboxylic acids is 3. The van der Waals surface area contributed by atoms with Crippen molar-refractivity contribution in [3.63, 3.8) is 0 Å². The van der Waals surface area contributed by atoms with Crippen LogP contribution in [0.4, 0.5) is 0 Å². The highest BCUT2D eigenvalue weighted by molar-refractivity contribution is 5.71. The minimum atomic E-state index is -0.772. The lowest BCUT2D eigenvalue weighted by Gasteiger charge is -2.18. The van der Waals surface area contributed by atoms with Crippen molar-refractivity contribution in [1.82, 2.24) is 0 Å². The fourth-order valence-corrected chi connectivity index (χ4v) is 7.59. The van der Waals surface area contributed by atoms with E-state index in [1.165, 1.54) is 167 Å². The van der Waals surface area contributed by atoms with Crippen LogP contribution in [0.2, 0.25) is 0 Å². The summed E-state index contributed by atoms with van der Waals surface area (Å²) in [6.45, 7) is 6.60. The summed E-state index contributed by atoms with van der Waals surface area (Å²) in [6.07, 6.45) is 58.4. The number of ether oxygens (including phenoxy) is 3. The molecular weight excluding hydrogens is 757 g/mol. The van der Waals surface area contributed by atoms with Crippen LogP contribution in [0.25, 0.3) is 0 Å². The molecular formula is C55H100O6. The third-order valence-corrected chi connectivity index (χ3v) is 11.6. The maximum absolute atomic E-state index is 12.8. The van der Waals surface area contributed by atoms with Gasteiger partial charge in [0.2, 0.25) is 0 Å². The normalized spacial score (nSPS) is 12.2. The molecule has 0 saturated heterocycles. The van der Waals surface area contributed by atoms with Gasteiger partial charge in [0.15, 0.2) is 6.10 Å². The molecule has 6 heteroatoms. The SMILES string of the molecule is CCCCC/C=C\C/C=C\CCCCCCCCCCCC(=O)OC[C@H](COC(=O)CCCCCCC/C=C\CCCCCC)OC(=O)CCCCCCCCCCCCC. The summed E-state index contributed by atoms with van der Waals surface area (Å²) in [5, 5.41) is 0. The molecule has 356 valence electrons. The van der Waals surface area contributed by atoms with E-state index in [9.17, 15) is 14.4 Å². The van der Waals surface area contributed by atoms with Crippen LogP contribution in [0, 0.1) is 0 Å². The van der Waals surface area contributed by atoms with Gasteiger partial charge in [-0.15, -0.1) is 0 Å². The minimum absolute atomic E-state index is 0.0741. The number of unbranched alkanes of at least 4 members (excludes halogenated alkanes) is 31. The highest BCUT2D eigenvalue weighted by atomic mass is 16.6. The molecule has 0 unspecified atom stereocenters. The summed E-state index contributed by atoms with van der Waals surface area (Å²) in [7, 11) is 0. The second kappa shape index (κ2) is 50.3.